The van der Waals surface area contributed by atoms with Crippen molar-refractivity contribution >= 4 is 47.6 Å². The fourth-order valence-electron chi connectivity index (χ4n) is 8.40. The minimum atomic E-state index is -1.12. The van der Waals surface area contributed by atoms with E-state index in [0.717, 1.165) is 32.4 Å². The molecule has 7 N–H and O–H groups in total. The van der Waals surface area contributed by atoms with E-state index in [1.807, 2.05) is 0 Å². The molecule has 1 aromatic rings. The number of carboxylic acids is 4. The molecule has 3 amide bonds. The molecule has 4 rings (SSSR count). The Hall–Kier alpha value is -1.76. The van der Waals surface area contributed by atoms with Crippen LogP contribution in [0.4, 0.5) is 0 Å². The number of ether oxygens (including phenoxy) is 1. The molecule has 0 aromatic carbocycles. The van der Waals surface area contributed by atoms with E-state index in [2.05, 4.69) is 32.8 Å². The van der Waals surface area contributed by atoms with Crippen LogP contribution in [0.1, 0.15) is 75.5 Å². The van der Waals surface area contributed by atoms with Gasteiger partial charge >= 0.3 is 150 Å². The Labute approximate surface area is 505 Å². The Bertz CT molecular complexity index is 1910. The van der Waals surface area contributed by atoms with Gasteiger partial charge in [-0.2, -0.15) is 0 Å². The molecule has 25 heteroatoms. The number of esters is 1. The second-order valence-electron chi connectivity index (χ2n) is 17.3. The number of piperidine rings is 2. The summed E-state index contributed by atoms with van der Waals surface area (Å²) in [5, 5.41) is 46.8. The number of amides is 3. The molecule has 22 nitrogen and oxygen atoms in total. The van der Waals surface area contributed by atoms with Crippen LogP contribution < -0.4 is 16.0 Å². The van der Waals surface area contributed by atoms with Crippen molar-refractivity contribution in [2.75, 3.05) is 111 Å². The van der Waals surface area contributed by atoms with Crippen LogP contribution in [0.25, 0.3) is 0 Å². The maximum absolute atomic E-state index is 13.5. The van der Waals surface area contributed by atoms with E-state index in [0.29, 0.717) is 42.9 Å². The first-order valence-electron chi connectivity index (χ1n) is 23.0. The molecule has 3 atom stereocenters. The number of nitrogens with zero attached hydrogens (tertiary/aromatic N) is 6. The van der Waals surface area contributed by atoms with Crippen molar-refractivity contribution in [1.82, 2.24) is 45.4 Å². The monoisotopic (exact) mass is 1420 g/mol. The van der Waals surface area contributed by atoms with Gasteiger partial charge in [0.15, 0.2) is 0 Å². The van der Waals surface area contributed by atoms with E-state index in [9.17, 15) is 58.8 Å². The van der Waals surface area contributed by atoms with Gasteiger partial charge in [0.2, 0.25) is 17.7 Å². The summed E-state index contributed by atoms with van der Waals surface area (Å²) in [5.41, 5.74) is 0.883. The molecular formula is C45H67Gd3N9O13+9. The van der Waals surface area contributed by atoms with Crippen LogP contribution in [0, 0.1) is 143 Å². The molecule has 0 aliphatic carbocycles. The number of nitrogens with one attached hydrogen (secondary N) is 3. The summed E-state index contributed by atoms with van der Waals surface area (Å²) in [5.74, 6) is -0.00783. The summed E-state index contributed by atoms with van der Waals surface area (Å²) in [4.78, 5) is 112. The Morgan fingerprint density at radius 1 is 0.786 bits per heavy atom. The first-order valence-corrected chi connectivity index (χ1v) is 23.0. The van der Waals surface area contributed by atoms with Crippen molar-refractivity contribution in [1.29, 1.82) is 0 Å². The third-order valence-corrected chi connectivity index (χ3v) is 12.2. The van der Waals surface area contributed by atoms with E-state index in [1.165, 1.54) is 12.4 Å². The van der Waals surface area contributed by atoms with E-state index < -0.39 is 66.7 Å². The second-order valence-corrected chi connectivity index (χ2v) is 17.3. The quantitative estimate of drug-likeness (QED) is 0.0468. The Kier molecular flexibility index (Phi) is 34.3. The Morgan fingerprint density at radius 2 is 1.36 bits per heavy atom. The topological polar surface area (TPSA) is 292 Å². The van der Waals surface area contributed by atoms with Crippen LogP contribution in [0.3, 0.4) is 0 Å². The maximum Gasteiger partial charge on any atom is 3.00 e. The van der Waals surface area contributed by atoms with E-state index in [-0.39, 0.29) is 223 Å². The molecule has 0 bridgehead atoms. The van der Waals surface area contributed by atoms with Crippen molar-refractivity contribution in [2.24, 2.45) is 11.8 Å². The molecule has 385 valence electrons. The summed E-state index contributed by atoms with van der Waals surface area (Å²) in [6.07, 6.45) is 7.30. The molecule has 3 radical (unpaired) electrons. The van der Waals surface area contributed by atoms with Crippen molar-refractivity contribution in [2.45, 2.75) is 70.4 Å². The number of carboxylic acid groups (broad SMARTS) is 4. The SMILES string of the molecule is CC(C(=O)NCC(=O)OCCC#Cc1cncc([C@H](CC(=O)O)NC(=O)[C@@H]2CCCN(C(=O)CCC3CCNCC3)C2)c1)N1CCN(CC(=O)O)CCN(CC(=O)O)CCN(CC(=O)O)CC1.[Gd+3].[Gd+3].[Gd+3]. The van der Waals surface area contributed by atoms with E-state index >= 15 is 0 Å². The zero-order valence-electron chi connectivity index (χ0n) is 39.4. The molecule has 3 fully saturated rings. The number of hydrogen-bond acceptors (Lipinski definition) is 15. The third-order valence-electron chi connectivity index (χ3n) is 12.2. The predicted octanol–water partition coefficient (Wildman–Crippen LogP) is -1.00. The van der Waals surface area contributed by atoms with Gasteiger partial charge in [-0.3, -0.25) is 62.9 Å². The largest absolute Gasteiger partial charge is 3.00 e. The van der Waals surface area contributed by atoms with Crippen LogP contribution in [0.15, 0.2) is 18.5 Å². The van der Waals surface area contributed by atoms with Crippen molar-refractivity contribution in [3.8, 4) is 11.8 Å². The molecule has 1 unspecified atom stereocenters. The maximum atomic E-state index is 13.5. The van der Waals surface area contributed by atoms with Gasteiger partial charge in [-0.1, -0.05) is 11.8 Å². The van der Waals surface area contributed by atoms with Crippen molar-refractivity contribution in [3.05, 3.63) is 29.6 Å². The number of aromatic nitrogens is 1. The van der Waals surface area contributed by atoms with Crippen LogP contribution >= 0.6 is 0 Å². The van der Waals surface area contributed by atoms with Gasteiger partial charge in [0, 0.05) is 96.2 Å². The smallest absolute Gasteiger partial charge is 0.481 e. The fraction of sp³-hybridized carbons (Fsp3) is 0.667. The number of pyridine rings is 1. The zero-order valence-corrected chi connectivity index (χ0v) is 46.2. The summed E-state index contributed by atoms with van der Waals surface area (Å²) in [6.45, 7) is 4.75. The Morgan fingerprint density at radius 3 is 1.91 bits per heavy atom. The normalized spacial score (nSPS) is 18.7. The molecule has 0 spiro atoms. The van der Waals surface area contributed by atoms with Gasteiger partial charge < -0.3 is 46.0 Å². The van der Waals surface area contributed by atoms with Crippen LogP contribution in [0.5, 0.6) is 0 Å². The van der Waals surface area contributed by atoms with E-state index in [4.69, 9.17) is 4.74 Å². The average molecular weight is 1410 g/mol. The molecule has 3 saturated heterocycles. The van der Waals surface area contributed by atoms with Gasteiger partial charge in [-0.15, -0.1) is 0 Å². The number of rotatable bonds is 20. The van der Waals surface area contributed by atoms with Gasteiger partial charge in [-0.25, -0.2) is 0 Å². The molecule has 3 aliphatic heterocycles. The average Bonchev–Trinajstić information content (AvgIpc) is 3.29. The first kappa shape index (κ1) is 66.3. The van der Waals surface area contributed by atoms with Crippen molar-refractivity contribution in [3.63, 3.8) is 0 Å². The summed E-state index contributed by atoms with van der Waals surface area (Å²) < 4.78 is 5.26. The van der Waals surface area contributed by atoms with Gasteiger partial charge in [0.25, 0.3) is 0 Å². The van der Waals surface area contributed by atoms with Crippen LogP contribution in [0.2, 0.25) is 0 Å². The number of aliphatic carboxylic acids is 4. The Balaban J connectivity index is 0.00000817. The number of carbonyl (C=O) groups excluding carboxylic acids is 4. The molecular weight excluding hydrogens is 1350 g/mol. The third kappa shape index (κ3) is 25.9. The molecule has 4 heterocycles. The molecule has 70 heavy (non-hydrogen) atoms. The first-order chi connectivity index (χ1) is 32.1. The minimum absolute atomic E-state index is 0. The summed E-state index contributed by atoms with van der Waals surface area (Å²) >= 11 is 0. The van der Waals surface area contributed by atoms with E-state index in [1.54, 1.807) is 37.5 Å². The number of carbonyl (C=O) groups is 8. The molecule has 0 saturated carbocycles. The summed E-state index contributed by atoms with van der Waals surface area (Å²) in [6, 6.07) is -0.0634. The van der Waals surface area contributed by atoms with Crippen LogP contribution in [-0.4, -0.2) is 215 Å². The van der Waals surface area contributed by atoms with Crippen LogP contribution in [-0.2, 0) is 43.1 Å². The number of likely N-dealkylation sites (tertiary alicyclic amines) is 1. The predicted molar refractivity (Wildman–Crippen MR) is 240 cm³/mol. The molecule has 1 aromatic heterocycles. The van der Waals surface area contributed by atoms with Gasteiger partial charge in [-0.05, 0) is 69.7 Å². The van der Waals surface area contributed by atoms with Gasteiger partial charge in [0.05, 0.1) is 44.1 Å². The summed E-state index contributed by atoms with van der Waals surface area (Å²) in [7, 11) is 0. The van der Waals surface area contributed by atoms with Crippen molar-refractivity contribution < 1.29 is 183 Å². The minimum Gasteiger partial charge on any atom is -0.481 e. The zero-order chi connectivity index (χ0) is 48.7. The molecule has 3 aliphatic rings. The standard InChI is InChI=1S/C45H67N9O13.3Gd/c1-32(53-20-18-51(30-41(60)61)16-14-50(29-40(58)59)15-17-52(19-21-53)31-42(62)63)44(65)48-27-43(64)67-22-3-2-5-34-23-36(26-47-25-34)37(24-39(56)57)49-45(66)35-6-4-13-54(28-35)38(55)8-7-33-9-11-46-12-10-33;;;/h23,25-26,32-33,35,37,46H,3-4,6-22,24,27-31H2,1H3,(H,48,65)(H,49,66)(H,56,57)(H,58,59)(H,60,61)(H,62,63);;;/q;3*+3/t32?,35-,37+;;;/m1.../s1. The van der Waals surface area contributed by atoms with Gasteiger partial charge in [0.1, 0.15) is 13.2 Å². The fourth-order valence-corrected chi connectivity index (χ4v) is 8.40. The second kappa shape index (κ2) is 36.2. The number of hydrogen-bond donors (Lipinski definition) is 7.